The molecule has 0 aliphatic heterocycles. The van der Waals surface area contributed by atoms with Crippen molar-refractivity contribution in [2.45, 2.75) is 52.4 Å². The normalized spacial score (nSPS) is 18.3. The molecular weight excluding hydrogens is 194 g/mol. The third-order valence-corrected chi connectivity index (χ3v) is 4.75. The van der Waals surface area contributed by atoms with Gasteiger partial charge in [0.25, 0.3) is 0 Å². The van der Waals surface area contributed by atoms with Crippen LogP contribution in [0.4, 0.5) is 0 Å². The fraction of sp³-hybridized carbons (Fsp3) is 0.600. The molecule has 0 heterocycles. The van der Waals surface area contributed by atoms with Gasteiger partial charge in [0.2, 0.25) is 0 Å². The fourth-order valence-electron chi connectivity index (χ4n) is 2.95. The van der Waals surface area contributed by atoms with E-state index in [1.165, 1.54) is 47.1 Å². The molecule has 2 rings (SSSR count). The van der Waals surface area contributed by atoms with Crippen LogP contribution in [0.1, 0.15) is 47.1 Å². The van der Waals surface area contributed by atoms with Gasteiger partial charge in [-0.1, -0.05) is 12.5 Å². The SMILES string of the molecule is Cc1cc(C2(CN)CCC2)c(C)c(C)c1C. The zero-order valence-electron chi connectivity index (χ0n) is 11.0. The zero-order valence-corrected chi connectivity index (χ0v) is 11.0. The van der Waals surface area contributed by atoms with Crippen LogP contribution in [0.15, 0.2) is 6.07 Å². The van der Waals surface area contributed by atoms with Crippen molar-refractivity contribution in [2.24, 2.45) is 5.73 Å². The van der Waals surface area contributed by atoms with E-state index >= 15 is 0 Å². The lowest BCUT2D eigenvalue weighted by molar-refractivity contribution is 0.251. The monoisotopic (exact) mass is 217 g/mol. The van der Waals surface area contributed by atoms with E-state index in [1.54, 1.807) is 0 Å². The second-order valence-electron chi connectivity index (χ2n) is 5.45. The van der Waals surface area contributed by atoms with Gasteiger partial charge in [0.05, 0.1) is 0 Å². The van der Waals surface area contributed by atoms with E-state index in [-0.39, 0.29) is 0 Å². The molecule has 0 atom stereocenters. The highest BCUT2D eigenvalue weighted by molar-refractivity contribution is 5.48. The Hall–Kier alpha value is -0.820. The average Bonchev–Trinajstić information content (AvgIpc) is 2.21. The molecule has 1 aliphatic carbocycles. The van der Waals surface area contributed by atoms with Crippen LogP contribution >= 0.6 is 0 Å². The van der Waals surface area contributed by atoms with Crippen LogP contribution in [0.3, 0.4) is 0 Å². The van der Waals surface area contributed by atoms with Crippen molar-refractivity contribution in [1.82, 2.24) is 0 Å². The van der Waals surface area contributed by atoms with Gasteiger partial charge in [-0.15, -0.1) is 0 Å². The molecule has 1 aliphatic rings. The Bertz CT molecular complexity index is 408. The molecule has 2 N–H and O–H groups in total. The topological polar surface area (TPSA) is 26.0 Å². The van der Waals surface area contributed by atoms with Crippen LogP contribution in [0, 0.1) is 27.7 Å². The molecule has 0 saturated heterocycles. The first-order valence-electron chi connectivity index (χ1n) is 6.30. The van der Waals surface area contributed by atoms with E-state index in [4.69, 9.17) is 5.73 Å². The molecule has 0 spiro atoms. The van der Waals surface area contributed by atoms with Gasteiger partial charge in [-0.3, -0.25) is 0 Å². The molecule has 0 unspecified atom stereocenters. The summed E-state index contributed by atoms with van der Waals surface area (Å²) in [5.74, 6) is 0. The van der Waals surface area contributed by atoms with Crippen LogP contribution in [0.25, 0.3) is 0 Å². The van der Waals surface area contributed by atoms with E-state index in [0.717, 1.165) is 6.54 Å². The average molecular weight is 217 g/mol. The smallest absolute Gasteiger partial charge is 0.00783 e. The third kappa shape index (κ3) is 1.49. The van der Waals surface area contributed by atoms with E-state index < -0.39 is 0 Å². The fourth-order valence-corrected chi connectivity index (χ4v) is 2.95. The van der Waals surface area contributed by atoms with E-state index in [2.05, 4.69) is 33.8 Å². The third-order valence-electron chi connectivity index (χ3n) is 4.75. The lowest BCUT2D eigenvalue weighted by atomic mass is 9.62. The van der Waals surface area contributed by atoms with Gasteiger partial charge in [-0.25, -0.2) is 0 Å². The number of nitrogens with two attached hydrogens (primary N) is 1. The first kappa shape index (κ1) is 11.7. The van der Waals surface area contributed by atoms with Gasteiger partial charge in [0, 0.05) is 12.0 Å². The van der Waals surface area contributed by atoms with Gasteiger partial charge >= 0.3 is 0 Å². The van der Waals surface area contributed by atoms with Crippen LogP contribution in [0.5, 0.6) is 0 Å². The Balaban J connectivity index is 2.57. The quantitative estimate of drug-likeness (QED) is 0.808. The van der Waals surface area contributed by atoms with Crippen LogP contribution in [0.2, 0.25) is 0 Å². The van der Waals surface area contributed by atoms with Crippen molar-refractivity contribution in [2.75, 3.05) is 6.54 Å². The van der Waals surface area contributed by atoms with E-state index in [9.17, 15) is 0 Å². The maximum Gasteiger partial charge on any atom is 0.00783 e. The summed E-state index contributed by atoms with van der Waals surface area (Å²) in [6, 6.07) is 2.38. The lowest BCUT2D eigenvalue weighted by Gasteiger charge is -2.43. The number of aryl methyl sites for hydroxylation is 1. The predicted octanol–water partition coefficient (Wildman–Crippen LogP) is 3.30. The molecule has 1 nitrogen and oxygen atoms in total. The van der Waals surface area contributed by atoms with Crippen LogP contribution in [-0.4, -0.2) is 6.54 Å². The number of rotatable bonds is 2. The lowest BCUT2D eigenvalue weighted by Crippen LogP contribution is -2.42. The molecule has 1 aromatic rings. The van der Waals surface area contributed by atoms with Crippen LogP contribution in [-0.2, 0) is 5.41 Å². The summed E-state index contributed by atoms with van der Waals surface area (Å²) >= 11 is 0. The summed E-state index contributed by atoms with van der Waals surface area (Å²) < 4.78 is 0. The highest BCUT2D eigenvalue weighted by Gasteiger charge is 2.38. The van der Waals surface area contributed by atoms with E-state index in [0.29, 0.717) is 5.41 Å². The molecular formula is C15H23N. The van der Waals surface area contributed by atoms with Gasteiger partial charge in [0.15, 0.2) is 0 Å². The van der Waals surface area contributed by atoms with Crippen molar-refractivity contribution in [3.05, 3.63) is 33.9 Å². The summed E-state index contributed by atoms with van der Waals surface area (Å²) in [6.07, 6.45) is 3.88. The standard InChI is InChI=1S/C15H23N/c1-10-8-14(13(4)12(3)11(10)2)15(9-16)6-5-7-15/h8H,5-7,9,16H2,1-4H3. The maximum absolute atomic E-state index is 6.01. The highest BCUT2D eigenvalue weighted by atomic mass is 14.6. The molecule has 1 fully saturated rings. The Morgan fingerprint density at radius 3 is 2.12 bits per heavy atom. The van der Waals surface area contributed by atoms with Gasteiger partial charge in [-0.2, -0.15) is 0 Å². The van der Waals surface area contributed by atoms with Crippen LogP contribution < -0.4 is 5.73 Å². The second kappa shape index (κ2) is 3.89. The summed E-state index contributed by atoms with van der Waals surface area (Å²) in [6.45, 7) is 9.73. The van der Waals surface area contributed by atoms with Gasteiger partial charge < -0.3 is 5.73 Å². The Labute approximate surface area is 99.0 Å². The largest absolute Gasteiger partial charge is 0.330 e. The minimum atomic E-state index is 0.299. The Morgan fingerprint density at radius 1 is 1.06 bits per heavy atom. The van der Waals surface area contributed by atoms with E-state index in [1.807, 2.05) is 0 Å². The number of hydrogen-bond acceptors (Lipinski definition) is 1. The van der Waals surface area contributed by atoms with Crippen molar-refractivity contribution < 1.29 is 0 Å². The van der Waals surface area contributed by atoms with Gasteiger partial charge in [0.1, 0.15) is 0 Å². The minimum absolute atomic E-state index is 0.299. The molecule has 1 heteroatoms. The first-order chi connectivity index (χ1) is 7.52. The summed E-state index contributed by atoms with van der Waals surface area (Å²) in [7, 11) is 0. The summed E-state index contributed by atoms with van der Waals surface area (Å²) in [5.41, 5.74) is 13.6. The summed E-state index contributed by atoms with van der Waals surface area (Å²) in [4.78, 5) is 0. The molecule has 0 radical (unpaired) electrons. The first-order valence-corrected chi connectivity index (χ1v) is 6.30. The number of benzene rings is 1. The molecule has 88 valence electrons. The second-order valence-corrected chi connectivity index (χ2v) is 5.45. The van der Waals surface area contributed by atoms with Crippen molar-refractivity contribution in [3.63, 3.8) is 0 Å². The van der Waals surface area contributed by atoms with Gasteiger partial charge in [-0.05, 0) is 68.4 Å². The summed E-state index contributed by atoms with van der Waals surface area (Å²) in [5, 5.41) is 0. The minimum Gasteiger partial charge on any atom is -0.330 e. The van der Waals surface area contributed by atoms with Crippen molar-refractivity contribution in [3.8, 4) is 0 Å². The molecule has 0 aromatic heterocycles. The highest BCUT2D eigenvalue weighted by Crippen LogP contribution is 2.45. The Kier molecular flexibility index (Phi) is 2.83. The van der Waals surface area contributed by atoms with Crippen molar-refractivity contribution >= 4 is 0 Å². The molecule has 0 amide bonds. The molecule has 1 saturated carbocycles. The molecule has 0 bridgehead atoms. The Morgan fingerprint density at radius 2 is 1.69 bits per heavy atom. The molecule has 1 aromatic carbocycles. The van der Waals surface area contributed by atoms with Crippen molar-refractivity contribution in [1.29, 1.82) is 0 Å². The zero-order chi connectivity index (χ0) is 11.9. The maximum atomic E-state index is 6.01. The predicted molar refractivity (Wildman–Crippen MR) is 70.0 cm³/mol. The molecule has 16 heavy (non-hydrogen) atoms. The number of hydrogen-bond donors (Lipinski definition) is 1.